The van der Waals surface area contributed by atoms with Gasteiger partial charge in [-0.25, -0.2) is 15.0 Å². The van der Waals surface area contributed by atoms with Crippen molar-refractivity contribution in [2.75, 3.05) is 0 Å². The van der Waals surface area contributed by atoms with E-state index in [1.165, 1.54) is 71.6 Å². The molecule has 0 radical (unpaired) electrons. The Labute approximate surface area is 327 Å². The van der Waals surface area contributed by atoms with E-state index < -0.39 is 0 Å². The third kappa shape index (κ3) is 4.74. The standard InChI is InChI=1S/C52H43N3O/c1-51(2)44-20-9-7-16-39(44)40-23-22-34(27-45(40)51)48-53-49(55-50(54-48)52-28-31-24-32(29-52)26-33(25-31)30-52)43-19-11-18-42-38-15-6-4-13-36(38)35-12-3-5-14-37(35)41-17-8-10-21-46(41)56-47(42)43/h3-23,27,31-33H,24-26,28-30H2,1-2H3. The van der Waals surface area contributed by atoms with Gasteiger partial charge in [-0.2, -0.15) is 0 Å². The third-order valence-corrected chi connectivity index (χ3v) is 14.1. The highest BCUT2D eigenvalue weighted by atomic mass is 16.3. The maximum atomic E-state index is 7.22. The van der Waals surface area contributed by atoms with Crippen LogP contribution in [-0.2, 0) is 10.8 Å². The van der Waals surface area contributed by atoms with Gasteiger partial charge < -0.3 is 4.42 Å². The van der Waals surface area contributed by atoms with Gasteiger partial charge in [-0.15, -0.1) is 0 Å². The zero-order chi connectivity index (χ0) is 37.2. The fraction of sp³-hybridized carbons (Fsp3) is 0.250. The van der Waals surface area contributed by atoms with Gasteiger partial charge >= 0.3 is 0 Å². The van der Waals surface area contributed by atoms with Crippen molar-refractivity contribution in [1.82, 2.24) is 15.0 Å². The van der Waals surface area contributed by atoms with Gasteiger partial charge in [-0.3, -0.25) is 0 Å². The van der Waals surface area contributed by atoms with Crippen LogP contribution < -0.4 is 0 Å². The number of fused-ring (bicyclic) bond motifs is 10. The van der Waals surface area contributed by atoms with Crippen LogP contribution in [0.5, 0.6) is 0 Å². The van der Waals surface area contributed by atoms with E-state index in [0.29, 0.717) is 5.82 Å². The van der Waals surface area contributed by atoms with Crippen molar-refractivity contribution < 1.29 is 4.42 Å². The summed E-state index contributed by atoms with van der Waals surface area (Å²) in [6.07, 6.45) is 7.63. The summed E-state index contributed by atoms with van der Waals surface area (Å²) in [6, 6.07) is 48.1. The molecular formula is C52H43N3O. The molecule has 0 spiro atoms. The molecule has 5 aliphatic carbocycles. The van der Waals surface area contributed by atoms with Crippen molar-refractivity contribution >= 4 is 43.5 Å². The summed E-state index contributed by atoms with van der Waals surface area (Å²) in [5, 5.41) is 6.73. The monoisotopic (exact) mass is 725 g/mol. The van der Waals surface area contributed by atoms with E-state index in [0.717, 1.165) is 73.2 Å². The lowest BCUT2D eigenvalue weighted by atomic mass is 9.49. The first-order chi connectivity index (χ1) is 27.4. The second-order valence-corrected chi connectivity index (χ2v) is 17.8. The van der Waals surface area contributed by atoms with E-state index in [2.05, 4.69) is 147 Å². The van der Waals surface area contributed by atoms with Gasteiger partial charge in [0.2, 0.25) is 0 Å². The molecule has 0 unspecified atom stereocenters. The molecule has 8 aromatic rings. The molecule has 4 saturated carbocycles. The Hall–Kier alpha value is -5.87. The van der Waals surface area contributed by atoms with Crippen LogP contribution in [0.1, 0.15) is 69.3 Å². The Bertz CT molecular complexity index is 2970. The smallest absolute Gasteiger partial charge is 0.167 e. The summed E-state index contributed by atoms with van der Waals surface area (Å²) in [5.74, 6) is 4.72. The van der Waals surface area contributed by atoms with Crippen LogP contribution >= 0.6 is 0 Å². The fourth-order valence-corrected chi connectivity index (χ4v) is 11.9. The molecule has 0 saturated heterocycles. The second kappa shape index (κ2) is 11.8. The second-order valence-electron chi connectivity index (χ2n) is 17.8. The Morgan fingerprint density at radius 1 is 0.482 bits per heavy atom. The number of nitrogens with zero attached hydrogens (tertiary/aromatic N) is 3. The Morgan fingerprint density at radius 2 is 1.02 bits per heavy atom. The van der Waals surface area contributed by atoms with Crippen molar-refractivity contribution in [2.45, 2.75) is 63.2 Å². The summed E-state index contributed by atoms with van der Waals surface area (Å²) in [4.78, 5) is 16.6. The number of aromatic nitrogens is 3. The van der Waals surface area contributed by atoms with Crippen molar-refractivity contribution in [3.05, 3.63) is 150 Å². The van der Waals surface area contributed by atoms with Gasteiger partial charge in [-0.1, -0.05) is 129 Å². The molecule has 4 nitrogen and oxygen atoms in total. The van der Waals surface area contributed by atoms with Crippen molar-refractivity contribution in [3.8, 4) is 33.9 Å². The number of para-hydroxylation sites is 2. The molecule has 13 rings (SSSR count). The van der Waals surface area contributed by atoms with E-state index in [1.807, 2.05) is 0 Å². The van der Waals surface area contributed by atoms with E-state index in [9.17, 15) is 0 Å². The average Bonchev–Trinajstić information content (AvgIpc) is 3.48. The van der Waals surface area contributed by atoms with E-state index in [4.69, 9.17) is 19.4 Å². The Morgan fingerprint density at radius 3 is 1.73 bits per heavy atom. The van der Waals surface area contributed by atoms with Gasteiger partial charge in [0.1, 0.15) is 17.0 Å². The lowest BCUT2D eigenvalue weighted by Crippen LogP contribution is -2.49. The largest absolute Gasteiger partial charge is 0.455 e. The van der Waals surface area contributed by atoms with Crippen molar-refractivity contribution in [1.29, 1.82) is 0 Å². The minimum absolute atomic E-state index is 0.0180. The average molecular weight is 726 g/mol. The predicted octanol–water partition coefficient (Wildman–Crippen LogP) is 13.3. The maximum absolute atomic E-state index is 7.22. The molecule has 4 heteroatoms. The molecule has 272 valence electrons. The van der Waals surface area contributed by atoms with Gasteiger partial charge in [-0.05, 0) is 118 Å². The summed E-state index contributed by atoms with van der Waals surface area (Å²) in [6.45, 7) is 4.69. The number of hydrogen-bond acceptors (Lipinski definition) is 4. The molecule has 0 N–H and O–H groups in total. The quantitative estimate of drug-likeness (QED) is 0.182. The van der Waals surface area contributed by atoms with Crippen molar-refractivity contribution in [2.24, 2.45) is 17.8 Å². The van der Waals surface area contributed by atoms with Crippen LogP contribution in [0.4, 0.5) is 0 Å². The summed E-state index contributed by atoms with van der Waals surface area (Å²) < 4.78 is 7.22. The van der Waals surface area contributed by atoms with Gasteiger partial charge in [0.25, 0.3) is 0 Å². The van der Waals surface area contributed by atoms with E-state index >= 15 is 0 Å². The molecule has 0 aliphatic heterocycles. The number of rotatable bonds is 3. The first-order valence-electron chi connectivity index (χ1n) is 20.5. The molecule has 5 aliphatic rings. The first-order valence-corrected chi connectivity index (χ1v) is 20.5. The number of hydrogen-bond donors (Lipinski definition) is 0. The fourth-order valence-electron chi connectivity index (χ4n) is 11.9. The molecule has 2 heterocycles. The van der Waals surface area contributed by atoms with Crippen LogP contribution in [0.3, 0.4) is 0 Å². The first kappa shape index (κ1) is 32.4. The highest BCUT2D eigenvalue weighted by molar-refractivity contribution is 6.19. The molecular weight excluding hydrogens is 683 g/mol. The minimum atomic E-state index is -0.124. The maximum Gasteiger partial charge on any atom is 0.167 e. The van der Waals surface area contributed by atoms with Crippen LogP contribution in [0.25, 0.3) is 77.4 Å². The highest BCUT2D eigenvalue weighted by Crippen LogP contribution is 2.60. The molecule has 6 aromatic carbocycles. The van der Waals surface area contributed by atoms with Crippen LogP contribution in [0, 0.1) is 17.8 Å². The predicted molar refractivity (Wildman–Crippen MR) is 228 cm³/mol. The summed E-state index contributed by atoms with van der Waals surface area (Å²) in [5.41, 5.74) is 8.71. The molecule has 4 fully saturated rings. The molecule has 56 heavy (non-hydrogen) atoms. The zero-order valence-corrected chi connectivity index (χ0v) is 31.9. The SMILES string of the molecule is CC1(C)c2ccccc2-c2ccc(-c3nc(-c4cccc5c4oc4ccccc4c4ccccc4c4ccccc54)nc(C45CC6CC(CC(C6)C4)C5)n3)cc21. The lowest BCUT2D eigenvalue weighted by molar-refractivity contribution is -0.00938. The summed E-state index contributed by atoms with van der Waals surface area (Å²) >= 11 is 0. The van der Waals surface area contributed by atoms with Crippen LogP contribution in [0.15, 0.2) is 138 Å². The third-order valence-electron chi connectivity index (χ3n) is 14.1. The van der Waals surface area contributed by atoms with E-state index in [1.54, 1.807) is 0 Å². The molecule has 0 atom stereocenters. The van der Waals surface area contributed by atoms with Crippen LogP contribution in [-0.4, -0.2) is 15.0 Å². The van der Waals surface area contributed by atoms with Gasteiger partial charge in [0.05, 0.1) is 5.56 Å². The van der Waals surface area contributed by atoms with E-state index in [-0.39, 0.29) is 10.8 Å². The van der Waals surface area contributed by atoms with Gasteiger partial charge in [0, 0.05) is 27.2 Å². The van der Waals surface area contributed by atoms with Crippen molar-refractivity contribution in [3.63, 3.8) is 0 Å². The Kier molecular flexibility index (Phi) is 6.83. The topological polar surface area (TPSA) is 51.8 Å². The van der Waals surface area contributed by atoms with Crippen LogP contribution in [0.2, 0.25) is 0 Å². The molecule has 0 amide bonds. The minimum Gasteiger partial charge on any atom is -0.455 e. The number of benzene rings is 6. The summed E-state index contributed by atoms with van der Waals surface area (Å²) in [7, 11) is 0. The molecule has 2 aromatic heterocycles. The lowest BCUT2D eigenvalue weighted by Gasteiger charge is -2.56. The zero-order valence-electron chi connectivity index (χ0n) is 31.9. The Balaban J connectivity index is 1.16. The normalized spacial score (nSPS) is 22.8. The van der Waals surface area contributed by atoms with Gasteiger partial charge in [0.15, 0.2) is 11.6 Å². The highest BCUT2D eigenvalue weighted by Gasteiger charge is 2.53. The molecule has 4 bridgehead atoms.